The van der Waals surface area contributed by atoms with Gasteiger partial charge in [-0.15, -0.1) is 0 Å². The van der Waals surface area contributed by atoms with Crippen LogP contribution in [-0.2, 0) is 0 Å². The summed E-state index contributed by atoms with van der Waals surface area (Å²) in [6.45, 7) is 0. The standard InChI is InChI=1S/C4H2N10O4/c5-1-6-2(10-13(15)16)7-4-8-3(9-12(1)4)11-14(17)18/h(H2-2,5,6,7,8,9,10,11)/q-2. The number of nitrogen functional groups attached to an aromatic ring is 1. The van der Waals surface area contributed by atoms with Crippen molar-refractivity contribution in [3.63, 3.8) is 0 Å². The van der Waals surface area contributed by atoms with Crippen molar-refractivity contribution in [1.29, 1.82) is 0 Å². The fourth-order valence-electron chi connectivity index (χ4n) is 1.02. The largest absolute Gasteiger partial charge is 0.382 e. The van der Waals surface area contributed by atoms with Crippen molar-refractivity contribution >= 4 is 23.6 Å². The minimum atomic E-state index is -1.02. The Morgan fingerprint density at radius 3 is 2.22 bits per heavy atom. The van der Waals surface area contributed by atoms with Crippen molar-refractivity contribution in [2.24, 2.45) is 0 Å². The van der Waals surface area contributed by atoms with Crippen molar-refractivity contribution in [3.05, 3.63) is 31.1 Å². The van der Waals surface area contributed by atoms with E-state index in [2.05, 4.69) is 30.9 Å². The third kappa shape index (κ3) is 2.10. The molecule has 2 aromatic heterocycles. The Kier molecular flexibility index (Phi) is 2.43. The van der Waals surface area contributed by atoms with E-state index in [4.69, 9.17) is 5.73 Å². The van der Waals surface area contributed by atoms with Gasteiger partial charge in [-0.05, 0) is 0 Å². The smallest absolute Gasteiger partial charge is 0.138 e. The molecule has 0 atom stereocenters. The van der Waals surface area contributed by atoms with Gasteiger partial charge in [0.1, 0.15) is 27.9 Å². The van der Waals surface area contributed by atoms with Gasteiger partial charge in [0.25, 0.3) is 0 Å². The molecule has 0 fully saturated rings. The molecule has 0 aliphatic carbocycles. The Bertz CT molecular complexity index is 634. The van der Waals surface area contributed by atoms with E-state index in [0.717, 1.165) is 4.52 Å². The first-order valence-electron chi connectivity index (χ1n) is 4.08. The van der Waals surface area contributed by atoms with Crippen LogP contribution in [0.25, 0.3) is 16.6 Å². The lowest BCUT2D eigenvalue weighted by Crippen LogP contribution is -2.04. The first kappa shape index (κ1) is 11.2. The van der Waals surface area contributed by atoms with E-state index in [9.17, 15) is 20.2 Å². The summed E-state index contributed by atoms with van der Waals surface area (Å²) in [5.74, 6) is -1.63. The highest BCUT2D eigenvalue weighted by molar-refractivity contribution is 5.47. The molecule has 18 heavy (non-hydrogen) atoms. The van der Waals surface area contributed by atoms with Crippen molar-refractivity contribution < 1.29 is 10.1 Å². The van der Waals surface area contributed by atoms with Crippen molar-refractivity contribution in [2.75, 3.05) is 5.73 Å². The van der Waals surface area contributed by atoms with Gasteiger partial charge in [-0.2, -0.15) is 0 Å². The van der Waals surface area contributed by atoms with E-state index in [1.165, 1.54) is 0 Å². The molecule has 0 unspecified atom stereocenters. The van der Waals surface area contributed by atoms with Crippen LogP contribution in [-0.4, -0.2) is 34.6 Å². The number of nitro groups is 2. The van der Waals surface area contributed by atoms with Crippen LogP contribution in [0.1, 0.15) is 0 Å². The second kappa shape index (κ2) is 3.92. The quantitative estimate of drug-likeness (QED) is 0.551. The highest BCUT2D eigenvalue weighted by Gasteiger charge is 2.02. The predicted molar refractivity (Wildman–Crippen MR) is 53.0 cm³/mol. The maximum absolute atomic E-state index is 10.1. The number of hydrogen-bond donors (Lipinski definition) is 1. The molecule has 0 bridgehead atoms. The summed E-state index contributed by atoms with van der Waals surface area (Å²) >= 11 is 0. The van der Waals surface area contributed by atoms with Crippen LogP contribution in [0, 0.1) is 20.2 Å². The second-order valence-corrected chi connectivity index (χ2v) is 2.68. The Morgan fingerprint density at radius 2 is 1.61 bits per heavy atom. The minimum Gasteiger partial charge on any atom is -0.382 e. The summed E-state index contributed by atoms with van der Waals surface area (Å²) in [4.78, 5) is 30.7. The molecule has 0 saturated carbocycles. The minimum absolute atomic E-state index is 0.247. The summed E-state index contributed by atoms with van der Waals surface area (Å²) in [5, 5.41) is 21.7. The Hall–Kier alpha value is -3.32. The van der Waals surface area contributed by atoms with Gasteiger partial charge in [-0.1, -0.05) is 10.9 Å². The van der Waals surface area contributed by atoms with E-state index < -0.39 is 22.0 Å². The number of nitrogens with zero attached hydrogens (tertiary/aromatic N) is 9. The molecule has 14 heteroatoms. The number of aromatic nitrogens is 5. The molecule has 14 nitrogen and oxygen atoms in total. The maximum atomic E-state index is 10.1. The summed E-state index contributed by atoms with van der Waals surface area (Å²) in [5.41, 5.74) is 11.0. The van der Waals surface area contributed by atoms with E-state index in [0.29, 0.717) is 0 Å². The molecule has 2 N–H and O–H groups in total. The second-order valence-electron chi connectivity index (χ2n) is 2.68. The third-order valence-electron chi connectivity index (χ3n) is 1.55. The summed E-state index contributed by atoms with van der Waals surface area (Å²) < 4.78 is 0.835. The number of fused-ring (bicyclic) bond motifs is 1. The average Bonchev–Trinajstić information content (AvgIpc) is 2.58. The zero-order valence-corrected chi connectivity index (χ0v) is 8.24. The fraction of sp³-hybridized carbons (Fsp3) is 0. The Labute approximate surface area is 96.1 Å². The Morgan fingerprint density at radius 1 is 1.06 bits per heavy atom. The lowest BCUT2D eigenvalue weighted by atomic mass is 10.8. The van der Waals surface area contributed by atoms with Gasteiger partial charge in [-0.25, -0.2) is 20.2 Å². The maximum Gasteiger partial charge on any atom is 0.138 e. The lowest BCUT2D eigenvalue weighted by molar-refractivity contribution is -0.419. The van der Waals surface area contributed by atoms with Crippen LogP contribution < -0.4 is 5.73 Å². The van der Waals surface area contributed by atoms with Gasteiger partial charge in [0, 0.05) is 0 Å². The molecule has 0 aromatic carbocycles. The summed E-state index contributed by atoms with van der Waals surface area (Å²) in [7, 11) is 0. The molecule has 0 aliphatic rings. The van der Waals surface area contributed by atoms with Crippen LogP contribution in [0.2, 0.25) is 0 Å². The molecular weight excluding hydrogens is 252 g/mol. The van der Waals surface area contributed by atoms with E-state index >= 15 is 0 Å². The van der Waals surface area contributed by atoms with Crippen LogP contribution in [0.4, 0.5) is 17.8 Å². The van der Waals surface area contributed by atoms with Crippen LogP contribution in [0.3, 0.4) is 0 Å². The monoisotopic (exact) mass is 254 g/mol. The van der Waals surface area contributed by atoms with Crippen LogP contribution in [0.15, 0.2) is 0 Å². The van der Waals surface area contributed by atoms with Crippen molar-refractivity contribution in [1.82, 2.24) is 24.6 Å². The van der Waals surface area contributed by atoms with Crippen LogP contribution in [0.5, 0.6) is 0 Å². The SMILES string of the molecule is Nc1nc([N-][N+](=O)[O-])nc2nc([N-][N+](=O)[O-])nn12. The van der Waals surface area contributed by atoms with Gasteiger partial charge < -0.3 is 20.7 Å². The zero-order chi connectivity index (χ0) is 13.3. The van der Waals surface area contributed by atoms with E-state index in [-0.39, 0.29) is 11.7 Å². The first-order chi connectivity index (χ1) is 8.45. The zero-order valence-electron chi connectivity index (χ0n) is 8.24. The number of rotatable bonds is 4. The fourth-order valence-corrected chi connectivity index (χ4v) is 1.02. The molecule has 0 spiro atoms. The molecule has 0 saturated heterocycles. The Balaban J connectivity index is 2.45. The van der Waals surface area contributed by atoms with Crippen molar-refractivity contribution in [3.8, 4) is 0 Å². The van der Waals surface area contributed by atoms with E-state index in [1.807, 2.05) is 0 Å². The average molecular weight is 254 g/mol. The number of hydrogen-bond acceptors (Lipinski definition) is 9. The van der Waals surface area contributed by atoms with Gasteiger partial charge in [-0.3, -0.25) is 9.61 Å². The van der Waals surface area contributed by atoms with Gasteiger partial charge >= 0.3 is 0 Å². The number of anilines is 1. The highest BCUT2D eigenvalue weighted by Crippen LogP contribution is 2.18. The molecular formula is C4H2N10O4-2. The van der Waals surface area contributed by atoms with Crippen molar-refractivity contribution in [2.45, 2.75) is 0 Å². The normalized spacial score (nSPS) is 10.2. The van der Waals surface area contributed by atoms with Crippen LogP contribution >= 0.6 is 0 Å². The topological polar surface area (TPSA) is 196 Å². The summed E-state index contributed by atoms with van der Waals surface area (Å²) in [6.07, 6.45) is 0. The molecule has 2 heterocycles. The third-order valence-corrected chi connectivity index (χ3v) is 1.55. The lowest BCUT2D eigenvalue weighted by Gasteiger charge is -2.09. The molecule has 94 valence electrons. The number of nitrogens with two attached hydrogens (primary N) is 1. The van der Waals surface area contributed by atoms with Gasteiger partial charge in [0.15, 0.2) is 0 Å². The molecule has 0 aliphatic heterocycles. The molecule has 0 amide bonds. The van der Waals surface area contributed by atoms with E-state index in [1.54, 1.807) is 0 Å². The first-order valence-corrected chi connectivity index (χ1v) is 4.08. The summed E-state index contributed by atoms with van der Waals surface area (Å²) in [6, 6.07) is 0. The molecule has 2 aromatic rings. The highest BCUT2D eigenvalue weighted by atomic mass is 16.7. The molecule has 2 rings (SSSR count). The molecule has 0 radical (unpaired) electrons. The van der Waals surface area contributed by atoms with Gasteiger partial charge in [0.2, 0.25) is 0 Å². The van der Waals surface area contributed by atoms with Gasteiger partial charge in [0.05, 0.1) is 5.78 Å². The predicted octanol–water partition coefficient (Wildman–Crippen LogP) is -0.505.